The molecule has 0 bridgehead atoms. The molecule has 0 saturated heterocycles. The van der Waals surface area contributed by atoms with Gasteiger partial charge in [0, 0.05) is 26.4 Å². The summed E-state index contributed by atoms with van der Waals surface area (Å²) in [4.78, 5) is 42.3. The number of aromatic nitrogens is 2. The molecule has 0 N–H and O–H groups in total. The molecule has 0 aliphatic rings. The van der Waals surface area contributed by atoms with Crippen molar-refractivity contribution >= 4 is 23.7 Å². The fraction of sp³-hybridized carbons (Fsp3) is 0.571. The Bertz CT molecular complexity index is 574. The summed E-state index contributed by atoms with van der Waals surface area (Å²) >= 11 is 0. The number of carbonyl (C=O) groups excluding carboxylic acids is 2. The lowest BCUT2D eigenvalue weighted by atomic mass is 10.1. The molecule has 0 saturated carbocycles. The first-order valence-corrected chi connectivity index (χ1v) is 7.11. The number of aryl methyl sites for hydroxylation is 2. The number of nitrogens with zero attached hydrogens (tertiary/aromatic N) is 4. The third-order valence-corrected chi connectivity index (χ3v) is 3.23. The monoisotopic (exact) mass is 308 g/mol. The summed E-state index contributed by atoms with van der Waals surface area (Å²) in [5.41, 5.74) is 0.254. The van der Waals surface area contributed by atoms with Crippen LogP contribution in [0.4, 0.5) is 11.6 Å². The smallest absolute Gasteiger partial charge is 0.311 e. The summed E-state index contributed by atoms with van der Waals surface area (Å²) in [6.07, 6.45) is 2.13. The van der Waals surface area contributed by atoms with Gasteiger partial charge in [0.1, 0.15) is 11.4 Å². The number of hydrogen-bond acceptors (Lipinski definition) is 7. The molecule has 0 atom stereocenters. The summed E-state index contributed by atoms with van der Waals surface area (Å²) in [6, 6.07) is 0. The van der Waals surface area contributed by atoms with Gasteiger partial charge >= 0.3 is 5.69 Å². The van der Waals surface area contributed by atoms with Gasteiger partial charge in [-0.05, 0) is 13.3 Å². The van der Waals surface area contributed by atoms with Crippen LogP contribution < -0.4 is 4.90 Å². The second-order valence-corrected chi connectivity index (χ2v) is 5.02. The van der Waals surface area contributed by atoms with Crippen molar-refractivity contribution in [2.24, 2.45) is 0 Å². The van der Waals surface area contributed by atoms with Crippen molar-refractivity contribution in [2.75, 3.05) is 18.5 Å². The van der Waals surface area contributed by atoms with Crippen LogP contribution in [-0.2, 0) is 16.0 Å². The highest BCUT2D eigenvalue weighted by Crippen LogP contribution is 2.24. The lowest BCUT2D eigenvalue weighted by Crippen LogP contribution is -2.22. The molecular weight excluding hydrogens is 288 g/mol. The van der Waals surface area contributed by atoms with Gasteiger partial charge in [-0.25, -0.2) is 9.97 Å². The van der Waals surface area contributed by atoms with Gasteiger partial charge in [0.15, 0.2) is 12.1 Å². The van der Waals surface area contributed by atoms with Crippen molar-refractivity contribution in [2.45, 2.75) is 39.5 Å². The number of unbranched alkanes of at least 4 members (excludes halogenated alkanes) is 1. The molecule has 0 spiro atoms. The normalized spacial score (nSPS) is 10.3. The van der Waals surface area contributed by atoms with E-state index in [9.17, 15) is 19.7 Å². The van der Waals surface area contributed by atoms with Gasteiger partial charge < -0.3 is 4.90 Å². The Labute approximate surface area is 128 Å². The van der Waals surface area contributed by atoms with E-state index < -0.39 is 10.7 Å². The average molecular weight is 308 g/mol. The van der Waals surface area contributed by atoms with E-state index in [1.54, 1.807) is 6.92 Å². The van der Waals surface area contributed by atoms with Crippen LogP contribution in [0.1, 0.15) is 37.6 Å². The number of hydrogen-bond donors (Lipinski definition) is 0. The highest BCUT2D eigenvalue weighted by molar-refractivity contribution is 6.24. The van der Waals surface area contributed by atoms with Crippen molar-refractivity contribution < 1.29 is 14.5 Å². The molecule has 0 aromatic carbocycles. The Kier molecular flexibility index (Phi) is 6.55. The second-order valence-electron chi connectivity index (χ2n) is 5.02. The molecular formula is C14H20N4O4. The average Bonchev–Trinajstić information content (AvgIpc) is 2.48. The minimum absolute atomic E-state index is 0.0475. The van der Waals surface area contributed by atoms with Gasteiger partial charge in [-0.3, -0.25) is 19.7 Å². The maximum absolute atomic E-state index is 11.2. The third-order valence-electron chi connectivity index (χ3n) is 3.23. The Morgan fingerprint density at radius 1 is 1.41 bits per heavy atom. The van der Waals surface area contributed by atoms with Crippen LogP contribution in [0.25, 0.3) is 0 Å². The number of rotatable bonds is 9. The van der Waals surface area contributed by atoms with Crippen LogP contribution in [0.15, 0.2) is 0 Å². The molecule has 0 aliphatic carbocycles. The van der Waals surface area contributed by atoms with Crippen LogP contribution in [0.2, 0.25) is 0 Å². The summed E-state index contributed by atoms with van der Waals surface area (Å²) < 4.78 is 0. The quantitative estimate of drug-likeness (QED) is 0.295. The van der Waals surface area contributed by atoms with Crippen molar-refractivity contribution in [1.29, 1.82) is 0 Å². The maximum Gasteiger partial charge on any atom is 0.311 e. The first-order chi connectivity index (χ1) is 10.4. The SMILES string of the molecule is CCCCN(C)c1nc(C)c([N+](=O)[O-])c(CCC(=O)C=O)n1. The van der Waals surface area contributed by atoms with Gasteiger partial charge in [-0.15, -0.1) is 0 Å². The predicted molar refractivity (Wildman–Crippen MR) is 81.0 cm³/mol. The molecule has 0 aliphatic heterocycles. The number of nitro groups is 1. The van der Waals surface area contributed by atoms with Crippen LogP contribution in [0.5, 0.6) is 0 Å². The van der Waals surface area contributed by atoms with E-state index in [4.69, 9.17) is 0 Å². The highest BCUT2D eigenvalue weighted by atomic mass is 16.6. The first kappa shape index (κ1) is 17.7. The van der Waals surface area contributed by atoms with Gasteiger partial charge in [0.25, 0.3) is 0 Å². The molecule has 0 unspecified atom stereocenters. The van der Waals surface area contributed by atoms with Crippen LogP contribution in [0.3, 0.4) is 0 Å². The number of ketones is 1. The van der Waals surface area contributed by atoms with Crippen molar-refractivity contribution in [3.05, 3.63) is 21.5 Å². The van der Waals surface area contributed by atoms with E-state index in [2.05, 4.69) is 16.9 Å². The van der Waals surface area contributed by atoms with Crippen LogP contribution in [0, 0.1) is 17.0 Å². The molecule has 0 amide bonds. The molecule has 1 aromatic rings. The molecule has 0 radical (unpaired) electrons. The summed E-state index contributed by atoms with van der Waals surface area (Å²) in [7, 11) is 1.82. The molecule has 22 heavy (non-hydrogen) atoms. The van der Waals surface area contributed by atoms with E-state index in [0.717, 1.165) is 19.4 Å². The van der Waals surface area contributed by atoms with E-state index in [0.29, 0.717) is 5.95 Å². The number of aldehydes is 1. The van der Waals surface area contributed by atoms with E-state index in [1.165, 1.54) is 0 Å². The molecule has 8 nitrogen and oxygen atoms in total. The predicted octanol–water partition coefficient (Wildman–Crippen LogP) is 1.63. The van der Waals surface area contributed by atoms with Gasteiger partial charge in [-0.1, -0.05) is 13.3 Å². The Morgan fingerprint density at radius 2 is 2.09 bits per heavy atom. The standard InChI is InChI=1S/C14H20N4O4/c1-4-5-8-17(3)14-15-10(2)13(18(21)22)12(16-14)7-6-11(20)9-19/h9H,4-8H2,1-3H3. The van der Waals surface area contributed by atoms with E-state index >= 15 is 0 Å². The molecule has 1 aromatic heterocycles. The number of Topliss-reactive ketones (excluding diaryl/α,β-unsaturated/α-hetero) is 1. The zero-order valence-corrected chi connectivity index (χ0v) is 13.0. The van der Waals surface area contributed by atoms with Crippen molar-refractivity contribution in [3.8, 4) is 0 Å². The lowest BCUT2D eigenvalue weighted by molar-refractivity contribution is -0.386. The highest BCUT2D eigenvalue weighted by Gasteiger charge is 2.23. The fourth-order valence-corrected chi connectivity index (χ4v) is 1.99. The van der Waals surface area contributed by atoms with Gasteiger partial charge in [0.05, 0.1) is 4.92 Å². The molecule has 1 heterocycles. The van der Waals surface area contributed by atoms with E-state index in [1.807, 2.05) is 11.9 Å². The van der Waals surface area contributed by atoms with Crippen LogP contribution >= 0.6 is 0 Å². The molecule has 8 heteroatoms. The number of anilines is 1. The van der Waals surface area contributed by atoms with E-state index in [-0.39, 0.29) is 36.2 Å². The summed E-state index contributed by atoms with van der Waals surface area (Å²) in [5, 5.41) is 11.2. The minimum Gasteiger partial charge on any atom is -0.344 e. The van der Waals surface area contributed by atoms with Gasteiger partial charge in [0.2, 0.25) is 5.95 Å². The Hall–Kier alpha value is -2.38. The third kappa shape index (κ3) is 4.57. The Morgan fingerprint density at radius 3 is 2.64 bits per heavy atom. The van der Waals surface area contributed by atoms with Crippen LogP contribution in [-0.4, -0.2) is 40.6 Å². The zero-order valence-electron chi connectivity index (χ0n) is 13.0. The Balaban J connectivity index is 3.13. The van der Waals surface area contributed by atoms with Crippen molar-refractivity contribution in [1.82, 2.24) is 9.97 Å². The fourth-order valence-electron chi connectivity index (χ4n) is 1.99. The molecule has 120 valence electrons. The largest absolute Gasteiger partial charge is 0.344 e. The molecule has 0 fully saturated rings. The van der Waals surface area contributed by atoms with Gasteiger partial charge in [-0.2, -0.15) is 0 Å². The summed E-state index contributed by atoms with van der Waals surface area (Å²) in [6.45, 7) is 4.34. The maximum atomic E-state index is 11.2. The summed E-state index contributed by atoms with van der Waals surface area (Å²) in [5.74, 6) is -0.212. The minimum atomic E-state index is -0.605. The number of carbonyl (C=O) groups is 2. The zero-order chi connectivity index (χ0) is 16.7. The molecule has 1 rings (SSSR count). The van der Waals surface area contributed by atoms with Crippen molar-refractivity contribution in [3.63, 3.8) is 0 Å². The lowest BCUT2D eigenvalue weighted by Gasteiger charge is -2.17. The topological polar surface area (TPSA) is 106 Å². The first-order valence-electron chi connectivity index (χ1n) is 7.11. The second kappa shape index (κ2) is 8.16.